The van der Waals surface area contributed by atoms with Crippen LogP contribution >= 0.6 is 0 Å². The van der Waals surface area contributed by atoms with Crippen molar-refractivity contribution in [3.63, 3.8) is 0 Å². The minimum Gasteiger partial charge on any atom is -0.496 e. The van der Waals surface area contributed by atoms with Crippen LogP contribution in [0.15, 0.2) is 70.2 Å². The van der Waals surface area contributed by atoms with Crippen LogP contribution in [0.3, 0.4) is 0 Å². The van der Waals surface area contributed by atoms with Crippen molar-refractivity contribution in [2.75, 3.05) is 7.11 Å². The molecule has 0 unspecified atom stereocenters. The number of amides is 1. The number of hydrazone groups is 1. The summed E-state index contributed by atoms with van der Waals surface area (Å²) in [7, 11) is 1.43. The topological polar surface area (TPSA) is 107 Å². The molecule has 1 aliphatic carbocycles. The quantitative estimate of drug-likeness (QED) is 0.361. The standard InChI is InChI=1S/C22H19N3O5/c1-29-21-11-15(25(27)28)7-9-17(21)20-10-8-16(30-20)13-23-24-22(26)19-12-18(19)14-5-3-2-4-6-14/h2-11,13,18-19H,12H2,1H3,(H,24,26)/t18-,19+/m1/s1. The van der Waals surface area contributed by atoms with Crippen molar-refractivity contribution in [2.45, 2.75) is 12.3 Å². The predicted molar refractivity (Wildman–Crippen MR) is 110 cm³/mol. The van der Waals surface area contributed by atoms with E-state index in [0.29, 0.717) is 22.8 Å². The number of hydrogen-bond acceptors (Lipinski definition) is 6. The predicted octanol–water partition coefficient (Wildman–Crippen LogP) is 4.12. The zero-order chi connectivity index (χ0) is 21.1. The smallest absolute Gasteiger partial charge is 0.273 e. The molecule has 1 heterocycles. The van der Waals surface area contributed by atoms with Crippen molar-refractivity contribution in [3.8, 4) is 17.1 Å². The Morgan fingerprint density at radius 3 is 2.77 bits per heavy atom. The zero-order valence-electron chi connectivity index (χ0n) is 16.1. The summed E-state index contributed by atoms with van der Waals surface area (Å²) in [4.78, 5) is 22.7. The van der Waals surface area contributed by atoms with E-state index < -0.39 is 4.92 Å². The van der Waals surface area contributed by atoms with Crippen LogP contribution < -0.4 is 10.2 Å². The number of ether oxygens (including phenoxy) is 1. The van der Waals surface area contributed by atoms with Crippen LogP contribution in [0, 0.1) is 16.0 Å². The average molecular weight is 405 g/mol. The van der Waals surface area contributed by atoms with E-state index in [1.165, 1.54) is 25.5 Å². The average Bonchev–Trinajstić information content (AvgIpc) is 3.45. The zero-order valence-corrected chi connectivity index (χ0v) is 16.1. The molecule has 2 atom stereocenters. The van der Waals surface area contributed by atoms with Crippen LogP contribution in [-0.2, 0) is 4.79 Å². The van der Waals surface area contributed by atoms with Crippen molar-refractivity contribution in [1.82, 2.24) is 5.43 Å². The summed E-state index contributed by atoms with van der Waals surface area (Å²) in [5, 5.41) is 14.9. The third-order valence-electron chi connectivity index (χ3n) is 5.01. The van der Waals surface area contributed by atoms with Crippen LogP contribution in [0.4, 0.5) is 5.69 Å². The molecule has 0 spiro atoms. The third kappa shape index (κ3) is 4.07. The van der Waals surface area contributed by atoms with Gasteiger partial charge in [0.05, 0.1) is 29.9 Å². The molecule has 2 aromatic carbocycles. The van der Waals surface area contributed by atoms with Crippen molar-refractivity contribution in [1.29, 1.82) is 0 Å². The number of nitrogens with zero attached hydrogens (tertiary/aromatic N) is 2. The number of carbonyl (C=O) groups excluding carboxylic acids is 1. The first-order chi connectivity index (χ1) is 14.6. The largest absolute Gasteiger partial charge is 0.496 e. The number of benzene rings is 2. The lowest BCUT2D eigenvalue weighted by Crippen LogP contribution is -2.20. The monoisotopic (exact) mass is 405 g/mol. The van der Waals surface area contributed by atoms with E-state index in [4.69, 9.17) is 9.15 Å². The number of non-ortho nitro benzene ring substituents is 1. The highest BCUT2D eigenvalue weighted by molar-refractivity contribution is 5.85. The maximum Gasteiger partial charge on any atom is 0.273 e. The normalized spacial score (nSPS) is 17.6. The van der Waals surface area contributed by atoms with Gasteiger partial charge in [-0.25, -0.2) is 5.43 Å². The number of nitrogens with one attached hydrogen (secondary N) is 1. The molecule has 8 nitrogen and oxygen atoms in total. The molecule has 0 aliphatic heterocycles. The van der Waals surface area contributed by atoms with Crippen molar-refractivity contribution in [3.05, 3.63) is 82.1 Å². The number of methoxy groups -OCH3 is 1. The summed E-state index contributed by atoms with van der Waals surface area (Å²) in [6.07, 6.45) is 2.23. The summed E-state index contributed by atoms with van der Waals surface area (Å²) >= 11 is 0. The molecule has 30 heavy (non-hydrogen) atoms. The maximum atomic E-state index is 12.2. The van der Waals surface area contributed by atoms with Gasteiger partial charge in [0.1, 0.15) is 17.3 Å². The van der Waals surface area contributed by atoms with E-state index in [1.54, 1.807) is 18.2 Å². The molecule has 0 saturated heterocycles. The fraction of sp³-hybridized carbons (Fsp3) is 0.182. The second-order valence-corrected chi connectivity index (χ2v) is 6.94. The molecule has 1 aliphatic rings. The third-order valence-corrected chi connectivity index (χ3v) is 5.01. The molecule has 8 heteroatoms. The summed E-state index contributed by atoms with van der Waals surface area (Å²) in [5.74, 6) is 1.29. The first-order valence-electron chi connectivity index (χ1n) is 9.37. The van der Waals surface area contributed by atoms with Gasteiger partial charge < -0.3 is 9.15 Å². The molecule has 4 rings (SSSR count). The van der Waals surface area contributed by atoms with Crippen LogP contribution in [0.2, 0.25) is 0 Å². The first-order valence-corrected chi connectivity index (χ1v) is 9.37. The SMILES string of the molecule is COc1cc([N+](=O)[O-])ccc1-c1ccc(C=NNC(=O)[C@H]2C[C@@H]2c2ccccc2)o1. The Balaban J connectivity index is 1.39. The van der Waals surface area contributed by atoms with Crippen LogP contribution in [-0.4, -0.2) is 24.2 Å². The molecule has 1 saturated carbocycles. The van der Waals surface area contributed by atoms with E-state index >= 15 is 0 Å². The Labute approximate surface area is 172 Å². The lowest BCUT2D eigenvalue weighted by Gasteiger charge is -2.05. The molecule has 0 radical (unpaired) electrons. The highest BCUT2D eigenvalue weighted by Crippen LogP contribution is 2.47. The highest BCUT2D eigenvalue weighted by atomic mass is 16.6. The molecule has 1 amide bonds. The number of nitro benzene ring substituents is 1. The van der Waals surface area contributed by atoms with Gasteiger partial charge in [0.15, 0.2) is 0 Å². The number of nitro groups is 1. The molecule has 3 aromatic rings. The lowest BCUT2D eigenvalue weighted by atomic mass is 10.1. The van der Waals surface area contributed by atoms with E-state index in [9.17, 15) is 14.9 Å². The van der Waals surface area contributed by atoms with Gasteiger partial charge in [0, 0.05) is 12.0 Å². The Morgan fingerprint density at radius 1 is 1.23 bits per heavy atom. The minimum absolute atomic E-state index is 0.0684. The second kappa shape index (κ2) is 8.20. The van der Waals surface area contributed by atoms with Crippen molar-refractivity contribution in [2.24, 2.45) is 11.0 Å². The Kier molecular flexibility index (Phi) is 5.30. The maximum absolute atomic E-state index is 12.2. The van der Waals surface area contributed by atoms with Gasteiger partial charge in [0.2, 0.25) is 5.91 Å². The Hall–Kier alpha value is -3.94. The van der Waals surface area contributed by atoms with Crippen LogP contribution in [0.25, 0.3) is 11.3 Å². The number of hydrogen-bond donors (Lipinski definition) is 1. The van der Waals surface area contributed by atoms with Gasteiger partial charge >= 0.3 is 0 Å². The second-order valence-electron chi connectivity index (χ2n) is 6.94. The Bertz CT molecular complexity index is 1110. The number of carbonyl (C=O) groups is 1. The molecular weight excluding hydrogens is 386 g/mol. The van der Waals surface area contributed by atoms with E-state index in [0.717, 1.165) is 12.0 Å². The lowest BCUT2D eigenvalue weighted by molar-refractivity contribution is -0.384. The number of furan rings is 1. The van der Waals surface area contributed by atoms with E-state index in [2.05, 4.69) is 10.5 Å². The van der Waals surface area contributed by atoms with Crippen molar-refractivity contribution < 1.29 is 18.9 Å². The van der Waals surface area contributed by atoms with Crippen LogP contribution in [0.5, 0.6) is 5.75 Å². The van der Waals surface area contributed by atoms with Gasteiger partial charge in [-0.05, 0) is 36.1 Å². The molecule has 152 valence electrons. The molecular formula is C22H19N3O5. The van der Waals surface area contributed by atoms with Gasteiger partial charge in [-0.1, -0.05) is 30.3 Å². The summed E-state index contributed by atoms with van der Waals surface area (Å²) < 4.78 is 10.9. The van der Waals surface area contributed by atoms with Crippen molar-refractivity contribution >= 4 is 17.8 Å². The minimum atomic E-state index is -0.489. The summed E-state index contributed by atoms with van der Waals surface area (Å²) in [6, 6.07) is 17.6. The first kappa shape index (κ1) is 19.4. The fourth-order valence-corrected chi connectivity index (χ4v) is 3.36. The van der Waals surface area contributed by atoms with E-state index in [1.807, 2.05) is 30.3 Å². The number of rotatable bonds is 7. The van der Waals surface area contributed by atoms with Gasteiger partial charge in [-0.3, -0.25) is 14.9 Å². The van der Waals surface area contributed by atoms with E-state index in [-0.39, 0.29) is 23.4 Å². The molecule has 0 bridgehead atoms. The molecule has 1 fully saturated rings. The summed E-state index contributed by atoms with van der Waals surface area (Å²) in [6.45, 7) is 0. The highest BCUT2D eigenvalue weighted by Gasteiger charge is 2.43. The summed E-state index contributed by atoms with van der Waals surface area (Å²) in [5.41, 5.74) is 4.23. The molecule has 1 aromatic heterocycles. The van der Waals surface area contributed by atoms with Crippen LogP contribution in [0.1, 0.15) is 23.7 Å². The van der Waals surface area contributed by atoms with Gasteiger partial charge in [-0.15, -0.1) is 0 Å². The fourth-order valence-electron chi connectivity index (χ4n) is 3.36. The Morgan fingerprint density at radius 2 is 2.03 bits per heavy atom. The molecule has 1 N–H and O–H groups in total. The van der Waals surface area contributed by atoms with Gasteiger partial charge in [0.25, 0.3) is 5.69 Å². The van der Waals surface area contributed by atoms with Gasteiger partial charge in [-0.2, -0.15) is 5.10 Å².